The quantitative estimate of drug-likeness (QED) is 0.209. The molecule has 0 amide bonds. The Morgan fingerprint density at radius 2 is 1.12 bits per heavy atom. The van der Waals surface area contributed by atoms with Gasteiger partial charge in [-0.15, -0.1) is 15.8 Å². The molecule has 0 aromatic heterocycles. The van der Waals surface area contributed by atoms with E-state index < -0.39 is 0 Å². The maximum Gasteiger partial charge on any atom is -0.0164 e. The Balaban J connectivity index is 1.39. The zero-order chi connectivity index (χ0) is 22.5. The maximum absolute atomic E-state index is 2.58. The van der Waals surface area contributed by atoms with E-state index in [2.05, 4.69) is 64.2 Å². The molecular weight excluding hydrogens is 422 g/mol. The summed E-state index contributed by atoms with van der Waals surface area (Å²) in [5, 5.41) is 0. The summed E-state index contributed by atoms with van der Waals surface area (Å²) in [6, 6.07) is 0. The fourth-order valence-corrected chi connectivity index (χ4v) is 14.1. The van der Waals surface area contributed by atoms with Crippen molar-refractivity contribution in [1.29, 1.82) is 0 Å². The third kappa shape index (κ3) is 6.70. The van der Waals surface area contributed by atoms with Crippen LogP contribution in [-0.4, -0.2) is 37.0 Å². The lowest BCUT2D eigenvalue weighted by molar-refractivity contribution is 0.500. The maximum atomic E-state index is 2.58. The highest BCUT2D eigenvalue weighted by Crippen LogP contribution is 2.52. The minimum absolute atomic E-state index is 0.165. The minimum Gasteiger partial charge on any atom is -0.105 e. The molecule has 0 N–H and O–H groups in total. The molecule has 0 heterocycles. The Bertz CT molecular complexity index is 659. The van der Waals surface area contributed by atoms with Crippen molar-refractivity contribution in [2.75, 3.05) is 37.0 Å². The van der Waals surface area contributed by atoms with Crippen LogP contribution in [0.3, 0.4) is 0 Å². The van der Waals surface area contributed by atoms with E-state index in [0.29, 0.717) is 0 Å². The predicted molar refractivity (Wildman–Crippen MR) is 149 cm³/mol. The van der Waals surface area contributed by atoms with E-state index >= 15 is 0 Å². The van der Waals surface area contributed by atoms with Crippen LogP contribution >= 0.6 is 15.8 Å². The summed E-state index contributed by atoms with van der Waals surface area (Å²) in [6.45, 7) is 9.82. The van der Waals surface area contributed by atoms with Gasteiger partial charge in [-0.1, -0.05) is 61.4 Å². The van der Waals surface area contributed by atoms with E-state index in [1.807, 2.05) is 0 Å². The first kappa shape index (κ1) is 24.9. The SMILES string of the molecule is CC1=CCC[C@@H]1CP(CCP(C[C@@H]1CCC=C1C)C[C@H]1C=CCC1C)C[C@@H]1C=CC[C@@H]1C. The minimum atomic E-state index is 0.165. The van der Waals surface area contributed by atoms with Crippen molar-refractivity contribution < 1.29 is 0 Å². The second-order valence-electron chi connectivity index (χ2n) is 11.6. The first-order valence-corrected chi connectivity index (χ1v) is 17.4. The van der Waals surface area contributed by atoms with Crippen LogP contribution in [0.1, 0.15) is 66.2 Å². The topological polar surface area (TPSA) is 0 Å². The van der Waals surface area contributed by atoms with Crippen molar-refractivity contribution >= 4 is 15.8 Å². The van der Waals surface area contributed by atoms with Crippen LogP contribution in [0.15, 0.2) is 47.6 Å². The molecule has 0 bridgehead atoms. The van der Waals surface area contributed by atoms with E-state index in [0.717, 1.165) is 35.5 Å². The van der Waals surface area contributed by atoms with E-state index in [1.54, 1.807) is 23.5 Å². The van der Waals surface area contributed by atoms with Gasteiger partial charge >= 0.3 is 0 Å². The van der Waals surface area contributed by atoms with Crippen molar-refractivity contribution in [3.8, 4) is 0 Å². The van der Waals surface area contributed by atoms with Gasteiger partial charge in [-0.2, -0.15) is 0 Å². The van der Waals surface area contributed by atoms with Crippen LogP contribution in [-0.2, 0) is 0 Å². The van der Waals surface area contributed by atoms with E-state index in [4.69, 9.17) is 0 Å². The third-order valence-corrected chi connectivity index (χ3v) is 15.0. The van der Waals surface area contributed by atoms with Crippen molar-refractivity contribution in [3.63, 3.8) is 0 Å². The molecule has 3 unspecified atom stereocenters. The largest absolute Gasteiger partial charge is 0.105 e. The van der Waals surface area contributed by atoms with Crippen LogP contribution in [0.4, 0.5) is 0 Å². The molecule has 178 valence electrons. The van der Waals surface area contributed by atoms with Crippen LogP contribution in [0.5, 0.6) is 0 Å². The van der Waals surface area contributed by atoms with Crippen molar-refractivity contribution in [2.45, 2.75) is 66.2 Å². The Morgan fingerprint density at radius 3 is 1.44 bits per heavy atom. The number of allylic oxidation sites excluding steroid dienone is 8. The molecule has 0 aromatic carbocycles. The molecule has 0 aliphatic heterocycles. The Hall–Kier alpha value is -0.180. The van der Waals surface area contributed by atoms with Crippen LogP contribution in [0.2, 0.25) is 0 Å². The lowest BCUT2D eigenvalue weighted by atomic mass is 10.0. The average Bonchev–Trinajstić information content (AvgIpc) is 3.55. The monoisotopic (exact) mass is 470 g/mol. The highest BCUT2D eigenvalue weighted by Gasteiger charge is 2.29. The first-order chi connectivity index (χ1) is 15.5. The summed E-state index contributed by atoms with van der Waals surface area (Å²) in [6.07, 6.45) is 32.6. The fraction of sp³-hybridized carbons (Fsp3) is 0.733. The smallest absolute Gasteiger partial charge is 0.0164 e. The summed E-state index contributed by atoms with van der Waals surface area (Å²) in [7, 11) is 0.330. The van der Waals surface area contributed by atoms with Gasteiger partial charge in [0.15, 0.2) is 0 Å². The summed E-state index contributed by atoms with van der Waals surface area (Å²) in [5.74, 6) is 5.33. The zero-order valence-corrected chi connectivity index (χ0v) is 23.1. The van der Waals surface area contributed by atoms with Gasteiger partial charge in [-0.3, -0.25) is 0 Å². The molecule has 0 saturated carbocycles. The molecule has 4 aliphatic carbocycles. The molecule has 4 aliphatic rings. The number of rotatable bonds is 11. The third-order valence-electron chi connectivity index (χ3n) is 9.12. The molecule has 0 nitrogen and oxygen atoms in total. The van der Waals surface area contributed by atoms with E-state index in [9.17, 15) is 0 Å². The standard InChI is InChI=1S/C30H48P2/c1-23-9-5-13-27(23)19-31(20-28-14-6-10-24(28)2)17-18-32(21-29-15-7-11-25(29)3)22-30-16-8-12-26(30)4/h5,7,10,12-13,15,23,25,27-30H,6,8-9,11,14,16-22H2,1-4H3/t23-,25?,27-,28+,29+,30-,31?,32?/m0/s1. The number of hydrogen-bond acceptors (Lipinski definition) is 0. The van der Waals surface area contributed by atoms with Gasteiger partial charge in [0.1, 0.15) is 0 Å². The van der Waals surface area contributed by atoms with Gasteiger partial charge in [-0.05, 0) is 125 Å². The van der Waals surface area contributed by atoms with Crippen molar-refractivity contribution in [2.24, 2.45) is 35.5 Å². The normalized spacial score (nSPS) is 36.0. The van der Waals surface area contributed by atoms with Crippen LogP contribution < -0.4 is 0 Å². The van der Waals surface area contributed by atoms with Crippen molar-refractivity contribution in [1.82, 2.24) is 0 Å². The summed E-state index contributed by atoms with van der Waals surface area (Å²) < 4.78 is 0. The van der Waals surface area contributed by atoms with Crippen molar-refractivity contribution in [3.05, 3.63) is 47.6 Å². The Labute approximate surface area is 202 Å². The van der Waals surface area contributed by atoms with Gasteiger partial charge in [0.2, 0.25) is 0 Å². The number of hydrogen-bond donors (Lipinski definition) is 0. The average molecular weight is 471 g/mol. The molecule has 32 heavy (non-hydrogen) atoms. The summed E-state index contributed by atoms with van der Waals surface area (Å²) in [5.41, 5.74) is 3.43. The molecule has 0 fully saturated rings. The van der Waals surface area contributed by atoms with Gasteiger partial charge in [0.05, 0.1) is 0 Å². The lowest BCUT2D eigenvalue weighted by Gasteiger charge is -2.31. The highest BCUT2D eigenvalue weighted by molar-refractivity contribution is 7.61. The second kappa shape index (κ2) is 12.0. The molecule has 0 saturated heterocycles. The van der Waals surface area contributed by atoms with Gasteiger partial charge in [0.25, 0.3) is 0 Å². The Kier molecular flexibility index (Phi) is 9.34. The van der Waals surface area contributed by atoms with Crippen LogP contribution in [0.25, 0.3) is 0 Å². The molecule has 8 atom stereocenters. The van der Waals surface area contributed by atoms with E-state index in [-0.39, 0.29) is 15.8 Å². The molecule has 0 spiro atoms. The zero-order valence-electron chi connectivity index (χ0n) is 21.3. The first-order valence-electron chi connectivity index (χ1n) is 13.6. The summed E-state index contributed by atoms with van der Waals surface area (Å²) >= 11 is 0. The van der Waals surface area contributed by atoms with E-state index in [1.165, 1.54) is 63.2 Å². The molecule has 4 rings (SSSR count). The lowest BCUT2D eigenvalue weighted by Crippen LogP contribution is -2.17. The second-order valence-corrected chi connectivity index (χ2v) is 16.6. The molecular formula is C30H48P2. The van der Waals surface area contributed by atoms with Gasteiger partial charge < -0.3 is 0 Å². The van der Waals surface area contributed by atoms with Gasteiger partial charge in [0, 0.05) is 0 Å². The predicted octanol–water partition coefficient (Wildman–Crippen LogP) is 9.09. The molecule has 0 radical (unpaired) electrons. The Morgan fingerprint density at radius 1 is 0.688 bits per heavy atom. The van der Waals surface area contributed by atoms with Crippen LogP contribution in [0, 0.1) is 35.5 Å². The van der Waals surface area contributed by atoms with Gasteiger partial charge in [-0.25, -0.2) is 0 Å². The fourth-order valence-electron chi connectivity index (χ4n) is 6.45. The highest BCUT2D eigenvalue weighted by atomic mass is 31.1. The summed E-state index contributed by atoms with van der Waals surface area (Å²) in [4.78, 5) is 0. The molecule has 2 heteroatoms. The molecule has 0 aromatic rings.